The molecule has 1 aromatic heterocycles. The summed E-state index contributed by atoms with van der Waals surface area (Å²) in [5.41, 5.74) is 3.03. The van der Waals surface area contributed by atoms with E-state index < -0.39 is 10.0 Å². The number of hydrogen-bond acceptors (Lipinski definition) is 4. The molecule has 0 bridgehead atoms. The van der Waals surface area contributed by atoms with E-state index in [-0.39, 0.29) is 12.3 Å². The fraction of sp³-hybridized carbons (Fsp3) is 0.188. The van der Waals surface area contributed by atoms with Crippen LogP contribution < -0.4 is 4.72 Å². The van der Waals surface area contributed by atoms with Gasteiger partial charge in [0.25, 0.3) is 0 Å². The molecule has 0 aliphatic rings. The lowest BCUT2D eigenvalue weighted by molar-refractivity contribution is 0.560. The van der Waals surface area contributed by atoms with E-state index in [4.69, 9.17) is 4.42 Å². The lowest BCUT2D eigenvalue weighted by Gasteiger charge is -2.07. The van der Waals surface area contributed by atoms with Gasteiger partial charge < -0.3 is 4.42 Å². The molecule has 114 valence electrons. The number of benzene rings is 2. The monoisotopic (exact) mass is 316 g/mol. The molecule has 2 aromatic carbocycles. The molecular formula is C16H16N2O3S. The van der Waals surface area contributed by atoms with Gasteiger partial charge in [-0.2, -0.15) is 0 Å². The summed E-state index contributed by atoms with van der Waals surface area (Å²) < 4.78 is 32.2. The maximum absolute atomic E-state index is 12.1. The van der Waals surface area contributed by atoms with Crippen LogP contribution in [0.25, 0.3) is 11.1 Å². The van der Waals surface area contributed by atoms with Crippen LogP contribution >= 0.6 is 0 Å². The summed E-state index contributed by atoms with van der Waals surface area (Å²) in [6, 6.07) is 14.6. The molecule has 1 heterocycles. The van der Waals surface area contributed by atoms with Crippen LogP contribution in [-0.4, -0.2) is 13.4 Å². The highest BCUT2D eigenvalue weighted by Gasteiger charge is 2.11. The molecule has 3 aromatic rings. The van der Waals surface area contributed by atoms with Crippen molar-refractivity contribution in [2.45, 2.75) is 19.2 Å². The van der Waals surface area contributed by atoms with Gasteiger partial charge in [-0.25, -0.2) is 18.1 Å². The van der Waals surface area contributed by atoms with E-state index >= 15 is 0 Å². The molecule has 5 nitrogen and oxygen atoms in total. The van der Waals surface area contributed by atoms with Crippen molar-refractivity contribution in [3.05, 3.63) is 65.5 Å². The predicted molar refractivity (Wildman–Crippen MR) is 84.7 cm³/mol. The molecule has 1 N–H and O–H groups in total. The standard InChI is InChI=1S/C16H16N2O3S/c1-12-18-15-8-7-14(9-16(15)21-12)10-17-22(19,20)11-13-5-3-2-4-6-13/h2-9,17H,10-11H2,1H3. The minimum Gasteiger partial charge on any atom is -0.441 e. The Hall–Kier alpha value is -2.18. The van der Waals surface area contributed by atoms with E-state index in [0.29, 0.717) is 11.5 Å². The molecule has 3 rings (SSSR count). The molecule has 0 aliphatic heterocycles. The second-order valence-corrected chi connectivity index (χ2v) is 6.91. The summed E-state index contributed by atoms with van der Waals surface area (Å²) in [4.78, 5) is 4.21. The molecule has 0 unspecified atom stereocenters. The molecule has 0 fully saturated rings. The van der Waals surface area contributed by atoms with Gasteiger partial charge in [-0.1, -0.05) is 36.4 Å². The molecule has 22 heavy (non-hydrogen) atoms. The average molecular weight is 316 g/mol. The maximum Gasteiger partial charge on any atom is 0.216 e. The van der Waals surface area contributed by atoms with Crippen LogP contribution in [-0.2, 0) is 22.3 Å². The van der Waals surface area contributed by atoms with Crippen LogP contribution in [0, 0.1) is 6.92 Å². The Morgan fingerprint density at radius 2 is 1.86 bits per heavy atom. The highest BCUT2D eigenvalue weighted by molar-refractivity contribution is 7.88. The third kappa shape index (κ3) is 3.52. The molecule has 0 aliphatic carbocycles. The van der Waals surface area contributed by atoms with E-state index in [1.54, 1.807) is 25.1 Å². The zero-order chi connectivity index (χ0) is 15.6. The van der Waals surface area contributed by atoms with E-state index in [1.807, 2.05) is 30.3 Å². The third-order valence-corrected chi connectivity index (χ3v) is 4.55. The van der Waals surface area contributed by atoms with Crippen molar-refractivity contribution in [3.8, 4) is 0 Å². The fourth-order valence-corrected chi connectivity index (χ4v) is 3.35. The molecule has 0 amide bonds. The van der Waals surface area contributed by atoms with Crippen molar-refractivity contribution in [2.24, 2.45) is 0 Å². The number of oxazole rings is 1. The largest absolute Gasteiger partial charge is 0.441 e. The van der Waals surface area contributed by atoms with Crippen LogP contribution in [0.4, 0.5) is 0 Å². The fourth-order valence-electron chi connectivity index (χ4n) is 2.23. The van der Waals surface area contributed by atoms with E-state index in [2.05, 4.69) is 9.71 Å². The summed E-state index contributed by atoms with van der Waals surface area (Å²) in [5.74, 6) is 0.564. The zero-order valence-corrected chi connectivity index (χ0v) is 12.9. The number of fused-ring (bicyclic) bond motifs is 1. The quantitative estimate of drug-likeness (QED) is 0.785. The van der Waals surface area contributed by atoms with Gasteiger partial charge in [-0.05, 0) is 23.3 Å². The van der Waals surface area contributed by atoms with Gasteiger partial charge >= 0.3 is 0 Å². The molecule has 0 saturated heterocycles. The number of nitrogens with one attached hydrogen (secondary N) is 1. The van der Waals surface area contributed by atoms with Gasteiger partial charge in [0.05, 0.1) is 5.75 Å². The maximum atomic E-state index is 12.1. The van der Waals surface area contributed by atoms with Gasteiger partial charge in [-0.3, -0.25) is 0 Å². The minimum absolute atomic E-state index is 0.0303. The number of nitrogens with zero attached hydrogens (tertiary/aromatic N) is 1. The number of rotatable bonds is 5. The van der Waals surface area contributed by atoms with Gasteiger partial charge in [-0.15, -0.1) is 0 Å². The van der Waals surface area contributed by atoms with Gasteiger partial charge in [0.15, 0.2) is 11.5 Å². The molecule has 6 heteroatoms. The van der Waals surface area contributed by atoms with Crippen molar-refractivity contribution in [2.75, 3.05) is 0 Å². The van der Waals surface area contributed by atoms with Crippen LogP contribution in [0.1, 0.15) is 17.0 Å². The van der Waals surface area contributed by atoms with E-state index in [0.717, 1.165) is 16.6 Å². The van der Waals surface area contributed by atoms with Gasteiger partial charge in [0.1, 0.15) is 5.52 Å². The molecular weight excluding hydrogens is 300 g/mol. The van der Waals surface area contributed by atoms with Crippen molar-refractivity contribution < 1.29 is 12.8 Å². The first-order valence-corrected chi connectivity index (χ1v) is 8.54. The zero-order valence-electron chi connectivity index (χ0n) is 12.1. The number of aryl methyl sites for hydroxylation is 1. The van der Waals surface area contributed by atoms with Gasteiger partial charge in [0.2, 0.25) is 10.0 Å². The predicted octanol–water partition coefficient (Wildman–Crippen LogP) is 2.76. The van der Waals surface area contributed by atoms with Crippen molar-refractivity contribution in [1.29, 1.82) is 0 Å². The Morgan fingerprint density at radius 1 is 1.09 bits per heavy atom. The van der Waals surface area contributed by atoms with Crippen molar-refractivity contribution in [3.63, 3.8) is 0 Å². The first-order chi connectivity index (χ1) is 10.5. The van der Waals surface area contributed by atoms with Crippen LogP contribution in [0.3, 0.4) is 0 Å². The van der Waals surface area contributed by atoms with E-state index in [9.17, 15) is 8.42 Å². The van der Waals surface area contributed by atoms with E-state index in [1.165, 1.54) is 0 Å². The molecule has 0 spiro atoms. The Bertz CT molecular complexity index is 886. The lowest BCUT2D eigenvalue weighted by atomic mass is 10.2. The lowest BCUT2D eigenvalue weighted by Crippen LogP contribution is -2.24. The first-order valence-electron chi connectivity index (χ1n) is 6.89. The van der Waals surface area contributed by atoms with Crippen LogP contribution in [0.2, 0.25) is 0 Å². The molecule has 0 atom stereocenters. The summed E-state index contributed by atoms with van der Waals surface area (Å²) in [5, 5.41) is 0. The first kappa shape index (κ1) is 14.7. The summed E-state index contributed by atoms with van der Waals surface area (Å²) >= 11 is 0. The number of hydrogen-bond donors (Lipinski definition) is 1. The minimum atomic E-state index is -3.38. The smallest absolute Gasteiger partial charge is 0.216 e. The Labute approximate surface area is 129 Å². The van der Waals surface area contributed by atoms with Crippen molar-refractivity contribution in [1.82, 2.24) is 9.71 Å². The second kappa shape index (κ2) is 5.90. The third-order valence-electron chi connectivity index (χ3n) is 3.26. The number of aromatic nitrogens is 1. The average Bonchev–Trinajstić information content (AvgIpc) is 2.85. The normalized spacial score (nSPS) is 11.9. The van der Waals surface area contributed by atoms with Crippen LogP contribution in [0.5, 0.6) is 0 Å². The number of sulfonamides is 1. The molecule has 0 radical (unpaired) electrons. The summed E-state index contributed by atoms with van der Waals surface area (Å²) in [7, 11) is -3.38. The highest BCUT2D eigenvalue weighted by atomic mass is 32.2. The van der Waals surface area contributed by atoms with Crippen LogP contribution in [0.15, 0.2) is 52.9 Å². The SMILES string of the molecule is Cc1nc2ccc(CNS(=O)(=O)Cc3ccccc3)cc2o1. The highest BCUT2D eigenvalue weighted by Crippen LogP contribution is 2.17. The Kier molecular flexibility index (Phi) is 3.96. The second-order valence-electron chi connectivity index (χ2n) is 5.10. The van der Waals surface area contributed by atoms with Crippen molar-refractivity contribution >= 4 is 21.1 Å². The topological polar surface area (TPSA) is 72.2 Å². The molecule has 0 saturated carbocycles. The Morgan fingerprint density at radius 3 is 2.64 bits per heavy atom. The summed E-state index contributed by atoms with van der Waals surface area (Å²) in [6.45, 7) is 2.01. The Balaban J connectivity index is 1.69. The summed E-state index contributed by atoms with van der Waals surface area (Å²) in [6.07, 6.45) is 0. The van der Waals surface area contributed by atoms with Gasteiger partial charge in [0, 0.05) is 13.5 Å².